The van der Waals surface area contributed by atoms with E-state index in [1.54, 1.807) is 13.8 Å². The van der Waals surface area contributed by atoms with E-state index in [9.17, 15) is 13.2 Å². The van der Waals surface area contributed by atoms with Crippen molar-refractivity contribution in [3.05, 3.63) is 0 Å². The van der Waals surface area contributed by atoms with Gasteiger partial charge in [0.15, 0.2) is 0 Å². The van der Waals surface area contributed by atoms with Gasteiger partial charge in [-0.15, -0.1) is 0 Å². The molecular weight excluding hydrogens is 254 g/mol. The van der Waals surface area contributed by atoms with Crippen molar-refractivity contribution < 1.29 is 17.9 Å². The van der Waals surface area contributed by atoms with Gasteiger partial charge < -0.3 is 10.5 Å². The van der Waals surface area contributed by atoms with Crippen LogP contribution in [0.25, 0.3) is 0 Å². The summed E-state index contributed by atoms with van der Waals surface area (Å²) in [4.78, 5) is 12.0. The van der Waals surface area contributed by atoms with Gasteiger partial charge in [-0.25, -0.2) is 8.42 Å². The summed E-state index contributed by atoms with van der Waals surface area (Å²) >= 11 is 0. The van der Waals surface area contributed by atoms with Crippen LogP contribution >= 0.6 is 0 Å². The van der Waals surface area contributed by atoms with E-state index in [1.165, 1.54) is 0 Å². The first-order chi connectivity index (χ1) is 8.25. The summed E-state index contributed by atoms with van der Waals surface area (Å²) in [5.41, 5.74) is 4.81. The van der Waals surface area contributed by atoms with E-state index >= 15 is 0 Å². The molecule has 6 heteroatoms. The molecule has 0 rings (SSSR count). The number of sulfone groups is 1. The van der Waals surface area contributed by atoms with Crippen LogP contribution in [0.15, 0.2) is 0 Å². The summed E-state index contributed by atoms with van der Waals surface area (Å²) in [5, 5.41) is 0. The van der Waals surface area contributed by atoms with Gasteiger partial charge in [-0.1, -0.05) is 20.8 Å². The lowest BCUT2D eigenvalue weighted by Crippen LogP contribution is -2.45. The molecule has 0 aliphatic rings. The first-order valence-electron chi connectivity index (χ1n) is 6.33. The number of hydrogen-bond acceptors (Lipinski definition) is 5. The van der Waals surface area contributed by atoms with Crippen LogP contribution in [0.1, 0.15) is 34.1 Å². The number of carbonyl (C=O) groups excluding carboxylic acids is 1. The van der Waals surface area contributed by atoms with E-state index in [-0.39, 0.29) is 37.0 Å². The van der Waals surface area contributed by atoms with Crippen molar-refractivity contribution in [3.63, 3.8) is 0 Å². The molecule has 5 nitrogen and oxygen atoms in total. The van der Waals surface area contributed by atoms with Crippen LogP contribution in [-0.2, 0) is 19.4 Å². The first kappa shape index (κ1) is 17.4. The molecule has 0 aliphatic heterocycles. The molecule has 18 heavy (non-hydrogen) atoms. The minimum atomic E-state index is -3.11. The highest BCUT2D eigenvalue weighted by atomic mass is 32.2. The Hall–Kier alpha value is -0.620. The second kappa shape index (κ2) is 7.09. The fourth-order valence-electron chi connectivity index (χ4n) is 1.80. The molecule has 0 heterocycles. The largest absolute Gasteiger partial charge is 0.466 e. The van der Waals surface area contributed by atoms with Crippen LogP contribution in [0.5, 0.6) is 0 Å². The highest BCUT2D eigenvalue weighted by Gasteiger charge is 2.42. The Morgan fingerprint density at radius 1 is 1.33 bits per heavy atom. The van der Waals surface area contributed by atoms with Crippen LogP contribution < -0.4 is 5.73 Å². The molecule has 0 bridgehead atoms. The Morgan fingerprint density at radius 3 is 2.22 bits per heavy atom. The second-order valence-corrected chi connectivity index (χ2v) is 7.19. The molecule has 2 N–H and O–H groups in total. The quantitative estimate of drug-likeness (QED) is 0.669. The summed E-state index contributed by atoms with van der Waals surface area (Å²) in [7, 11) is -3.11. The lowest BCUT2D eigenvalue weighted by Gasteiger charge is -2.33. The fourth-order valence-corrected chi connectivity index (χ4v) is 2.77. The lowest BCUT2D eigenvalue weighted by molar-refractivity contribution is -0.158. The molecule has 0 fully saturated rings. The van der Waals surface area contributed by atoms with Crippen LogP contribution in [0.3, 0.4) is 0 Å². The van der Waals surface area contributed by atoms with Crippen LogP contribution in [0, 0.1) is 11.3 Å². The van der Waals surface area contributed by atoms with Gasteiger partial charge in [0.1, 0.15) is 9.84 Å². The molecular formula is C12H25NO4S. The van der Waals surface area contributed by atoms with E-state index in [0.29, 0.717) is 0 Å². The highest BCUT2D eigenvalue weighted by molar-refractivity contribution is 7.91. The Morgan fingerprint density at radius 2 is 1.89 bits per heavy atom. The fraction of sp³-hybridized carbons (Fsp3) is 0.917. The predicted molar refractivity (Wildman–Crippen MR) is 71.9 cm³/mol. The van der Waals surface area contributed by atoms with E-state index in [0.717, 1.165) is 0 Å². The van der Waals surface area contributed by atoms with E-state index in [1.807, 2.05) is 13.8 Å². The summed E-state index contributed by atoms with van der Waals surface area (Å²) < 4.78 is 28.2. The van der Waals surface area contributed by atoms with Crippen molar-refractivity contribution in [2.24, 2.45) is 17.1 Å². The van der Waals surface area contributed by atoms with Gasteiger partial charge >= 0.3 is 5.97 Å². The molecule has 0 spiro atoms. The predicted octanol–water partition coefficient (Wildman–Crippen LogP) is 0.975. The van der Waals surface area contributed by atoms with E-state index < -0.39 is 21.2 Å². The summed E-state index contributed by atoms with van der Waals surface area (Å²) in [6.45, 7) is 7.42. The molecule has 1 unspecified atom stereocenters. The van der Waals surface area contributed by atoms with Crippen molar-refractivity contribution in [2.45, 2.75) is 34.1 Å². The molecule has 0 aliphatic carbocycles. The number of hydrogen-bond donors (Lipinski definition) is 1. The molecule has 0 amide bonds. The van der Waals surface area contributed by atoms with Gasteiger partial charge in [-0.2, -0.15) is 0 Å². The molecule has 0 aromatic carbocycles. The van der Waals surface area contributed by atoms with Crippen molar-refractivity contribution in [1.82, 2.24) is 0 Å². The monoisotopic (exact) mass is 279 g/mol. The topological polar surface area (TPSA) is 86.5 Å². The maximum Gasteiger partial charge on any atom is 0.313 e. The van der Waals surface area contributed by atoms with Crippen LogP contribution in [0.4, 0.5) is 0 Å². The van der Waals surface area contributed by atoms with Gasteiger partial charge in [0.25, 0.3) is 0 Å². The smallest absolute Gasteiger partial charge is 0.313 e. The minimum Gasteiger partial charge on any atom is -0.466 e. The van der Waals surface area contributed by atoms with E-state index in [2.05, 4.69) is 0 Å². The molecule has 0 saturated carbocycles. The minimum absolute atomic E-state index is 0.0301. The number of rotatable bonds is 8. The normalized spacial score (nSPS) is 15.4. The Kier molecular flexibility index (Phi) is 6.84. The lowest BCUT2D eigenvalue weighted by atomic mass is 9.75. The average Bonchev–Trinajstić information content (AvgIpc) is 2.30. The van der Waals surface area contributed by atoms with Gasteiger partial charge in [-0.05, 0) is 19.3 Å². The number of ether oxygens (including phenoxy) is 1. The van der Waals surface area contributed by atoms with Crippen molar-refractivity contribution in [3.8, 4) is 0 Å². The summed E-state index contributed by atoms with van der Waals surface area (Å²) in [5.74, 6) is -0.408. The van der Waals surface area contributed by atoms with Gasteiger partial charge in [0.2, 0.25) is 0 Å². The standard InChI is InChI=1S/C12H25NO4S/c1-5-17-11(14)12(9-13,10(3)4)7-8-18(15,16)6-2/h10H,5-9,13H2,1-4H3. The molecule has 0 saturated heterocycles. The summed E-state index contributed by atoms with van der Waals surface area (Å²) in [6.07, 6.45) is 0.218. The third kappa shape index (κ3) is 4.24. The zero-order valence-corrected chi connectivity index (χ0v) is 12.5. The molecule has 108 valence electrons. The third-order valence-electron chi connectivity index (χ3n) is 3.45. The first-order valence-corrected chi connectivity index (χ1v) is 8.15. The second-order valence-electron chi connectivity index (χ2n) is 4.72. The SMILES string of the molecule is CCOC(=O)C(CN)(CCS(=O)(=O)CC)C(C)C. The average molecular weight is 279 g/mol. The highest BCUT2D eigenvalue weighted by Crippen LogP contribution is 2.32. The Balaban J connectivity index is 5.05. The Bertz CT molecular complexity index is 364. The molecule has 0 radical (unpaired) electrons. The van der Waals surface area contributed by atoms with E-state index in [4.69, 9.17) is 10.5 Å². The number of nitrogens with two attached hydrogens (primary N) is 1. The zero-order chi connectivity index (χ0) is 14.4. The molecule has 0 aromatic rings. The van der Waals surface area contributed by atoms with Crippen molar-refractivity contribution in [1.29, 1.82) is 0 Å². The Labute approximate surface area is 110 Å². The third-order valence-corrected chi connectivity index (χ3v) is 5.16. The zero-order valence-electron chi connectivity index (χ0n) is 11.7. The van der Waals surface area contributed by atoms with Crippen molar-refractivity contribution in [2.75, 3.05) is 24.7 Å². The summed E-state index contributed by atoms with van der Waals surface area (Å²) in [6, 6.07) is 0. The van der Waals surface area contributed by atoms with Crippen molar-refractivity contribution >= 4 is 15.8 Å². The van der Waals surface area contributed by atoms with Gasteiger partial charge in [0.05, 0.1) is 17.8 Å². The number of esters is 1. The molecule has 1 atom stereocenters. The van der Waals surface area contributed by atoms with Gasteiger partial charge in [0, 0.05) is 12.3 Å². The molecule has 0 aromatic heterocycles. The maximum absolute atomic E-state index is 12.0. The van der Waals surface area contributed by atoms with Crippen LogP contribution in [0.2, 0.25) is 0 Å². The van der Waals surface area contributed by atoms with Crippen LogP contribution in [-0.4, -0.2) is 39.0 Å². The van der Waals surface area contributed by atoms with Gasteiger partial charge in [-0.3, -0.25) is 4.79 Å². The number of carbonyl (C=O) groups is 1. The maximum atomic E-state index is 12.0.